The predicted molar refractivity (Wildman–Crippen MR) is 114 cm³/mol. The molecule has 0 unspecified atom stereocenters. The third-order valence-electron chi connectivity index (χ3n) is 5.52. The molecule has 1 fully saturated rings. The van der Waals surface area contributed by atoms with E-state index in [9.17, 15) is 4.79 Å². The third-order valence-corrected chi connectivity index (χ3v) is 5.52. The van der Waals surface area contributed by atoms with Gasteiger partial charge in [-0.05, 0) is 67.7 Å². The van der Waals surface area contributed by atoms with Crippen LogP contribution in [0.2, 0.25) is 0 Å². The van der Waals surface area contributed by atoms with Crippen LogP contribution in [0.5, 0.6) is 17.2 Å². The highest BCUT2D eigenvalue weighted by atomic mass is 16.5. The zero-order valence-electron chi connectivity index (χ0n) is 17.7. The van der Waals surface area contributed by atoms with Gasteiger partial charge in [0.15, 0.2) is 11.5 Å². The average Bonchev–Trinajstić information content (AvgIpc) is 2.78. The summed E-state index contributed by atoms with van der Waals surface area (Å²) in [5, 5.41) is 3.23. The summed E-state index contributed by atoms with van der Waals surface area (Å²) < 4.78 is 16.3. The quantitative estimate of drug-likeness (QED) is 0.774. The SMILES string of the molecule is CNCC1CCN(C(=O)c2ccc(-c3cc(OC)c(OC)c(OC)c3)cc2)CC1. The second kappa shape index (κ2) is 9.65. The van der Waals surface area contributed by atoms with Gasteiger partial charge in [-0.2, -0.15) is 0 Å². The summed E-state index contributed by atoms with van der Waals surface area (Å²) in [4.78, 5) is 14.8. The molecular weight excluding hydrogens is 368 g/mol. The lowest BCUT2D eigenvalue weighted by Gasteiger charge is -2.32. The van der Waals surface area contributed by atoms with Gasteiger partial charge in [-0.15, -0.1) is 0 Å². The third kappa shape index (κ3) is 4.65. The van der Waals surface area contributed by atoms with E-state index in [4.69, 9.17) is 14.2 Å². The Balaban J connectivity index is 1.76. The highest BCUT2D eigenvalue weighted by Gasteiger charge is 2.23. The van der Waals surface area contributed by atoms with Gasteiger partial charge in [0, 0.05) is 18.7 Å². The molecule has 0 aliphatic carbocycles. The Hall–Kier alpha value is -2.73. The number of hydrogen-bond acceptors (Lipinski definition) is 5. The standard InChI is InChI=1S/C23H30N2O4/c1-24-15-16-9-11-25(12-10-16)23(26)18-7-5-17(6-8-18)19-13-20(27-2)22(29-4)21(14-19)28-3/h5-8,13-14,16,24H,9-12,15H2,1-4H3. The molecule has 6 nitrogen and oxygen atoms in total. The Morgan fingerprint density at radius 2 is 1.55 bits per heavy atom. The van der Waals surface area contributed by atoms with E-state index in [2.05, 4.69) is 5.32 Å². The molecule has 6 heteroatoms. The van der Waals surface area contributed by atoms with Crippen LogP contribution in [0.1, 0.15) is 23.2 Å². The summed E-state index contributed by atoms with van der Waals surface area (Å²) in [6, 6.07) is 11.5. The monoisotopic (exact) mass is 398 g/mol. The first-order valence-electron chi connectivity index (χ1n) is 9.95. The number of benzene rings is 2. The van der Waals surface area contributed by atoms with Crippen LogP contribution in [0.4, 0.5) is 0 Å². The van der Waals surface area contributed by atoms with Crippen LogP contribution >= 0.6 is 0 Å². The summed E-state index contributed by atoms with van der Waals surface area (Å²) in [6.45, 7) is 2.66. The summed E-state index contributed by atoms with van der Waals surface area (Å²) in [5.41, 5.74) is 2.63. The van der Waals surface area contributed by atoms with E-state index in [1.807, 2.05) is 48.3 Å². The lowest BCUT2D eigenvalue weighted by atomic mass is 9.96. The zero-order valence-corrected chi connectivity index (χ0v) is 17.7. The predicted octanol–water partition coefficient (Wildman–Crippen LogP) is 3.45. The molecule has 1 N–H and O–H groups in total. The number of rotatable bonds is 7. The number of carbonyl (C=O) groups is 1. The van der Waals surface area contributed by atoms with Crippen LogP contribution < -0.4 is 19.5 Å². The second-order valence-corrected chi connectivity index (χ2v) is 7.28. The number of methoxy groups -OCH3 is 3. The molecule has 2 aromatic carbocycles. The average molecular weight is 399 g/mol. The Morgan fingerprint density at radius 3 is 2.03 bits per heavy atom. The first-order chi connectivity index (χ1) is 14.1. The lowest BCUT2D eigenvalue weighted by molar-refractivity contribution is 0.0691. The van der Waals surface area contributed by atoms with Gasteiger partial charge >= 0.3 is 0 Å². The van der Waals surface area contributed by atoms with Crippen LogP contribution in [0.15, 0.2) is 36.4 Å². The van der Waals surface area contributed by atoms with Crippen molar-refractivity contribution in [2.45, 2.75) is 12.8 Å². The molecule has 1 aliphatic rings. The Labute approximate surface area is 172 Å². The van der Waals surface area contributed by atoms with Crippen LogP contribution in [-0.4, -0.2) is 58.8 Å². The number of nitrogens with one attached hydrogen (secondary N) is 1. The van der Waals surface area contributed by atoms with Crippen LogP contribution in [0.25, 0.3) is 11.1 Å². The van der Waals surface area contributed by atoms with Crippen molar-refractivity contribution in [3.63, 3.8) is 0 Å². The largest absolute Gasteiger partial charge is 0.493 e. The van der Waals surface area contributed by atoms with Gasteiger partial charge in [0.25, 0.3) is 5.91 Å². The van der Waals surface area contributed by atoms with Crippen LogP contribution in [0, 0.1) is 5.92 Å². The second-order valence-electron chi connectivity index (χ2n) is 7.28. The van der Waals surface area contributed by atoms with Crippen molar-refractivity contribution in [1.82, 2.24) is 10.2 Å². The molecular formula is C23H30N2O4. The number of carbonyl (C=O) groups excluding carboxylic acids is 1. The first kappa shape index (κ1) is 21.0. The maximum Gasteiger partial charge on any atom is 0.253 e. The molecule has 0 bridgehead atoms. The molecule has 0 aromatic heterocycles. The molecule has 0 radical (unpaired) electrons. The highest BCUT2D eigenvalue weighted by molar-refractivity contribution is 5.94. The van der Waals surface area contributed by atoms with Crippen molar-refractivity contribution in [1.29, 1.82) is 0 Å². The maximum absolute atomic E-state index is 12.9. The summed E-state index contributed by atoms with van der Waals surface area (Å²) in [5.74, 6) is 2.53. The zero-order chi connectivity index (χ0) is 20.8. The minimum atomic E-state index is 0.101. The summed E-state index contributed by atoms with van der Waals surface area (Å²) in [7, 11) is 6.76. The molecule has 29 heavy (non-hydrogen) atoms. The highest BCUT2D eigenvalue weighted by Crippen LogP contribution is 2.41. The van der Waals surface area contributed by atoms with Crippen molar-refractivity contribution >= 4 is 5.91 Å². The number of ether oxygens (including phenoxy) is 3. The van der Waals surface area contributed by atoms with E-state index in [1.165, 1.54) is 0 Å². The van der Waals surface area contributed by atoms with E-state index in [-0.39, 0.29) is 5.91 Å². The van der Waals surface area contributed by atoms with Crippen LogP contribution in [0.3, 0.4) is 0 Å². The lowest BCUT2D eigenvalue weighted by Crippen LogP contribution is -2.40. The Kier molecular flexibility index (Phi) is 6.99. The minimum absolute atomic E-state index is 0.101. The smallest absolute Gasteiger partial charge is 0.253 e. The fourth-order valence-electron chi connectivity index (χ4n) is 3.86. The molecule has 1 heterocycles. The number of likely N-dealkylation sites (tertiary alicyclic amines) is 1. The van der Waals surface area contributed by atoms with Gasteiger partial charge in [0.2, 0.25) is 5.75 Å². The Morgan fingerprint density at radius 1 is 0.966 bits per heavy atom. The van der Waals surface area contributed by atoms with Crippen molar-refractivity contribution in [2.75, 3.05) is 48.0 Å². The molecule has 156 valence electrons. The maximum atomic E-state index is 12.9. The Bertz CT molecular complexity index is 802. The molecule has 0 saturated carbocycles. The van der Waals surface area contributed by atoms with Gasteiger partial charge in [-0.3, -0.25) is 4.79 Å². The molecule has 2 aromatic rings. The fraction of sp³-hybridized carbons (Fsp3) is 0.435. The molecule has 1 saturated heterocycles. The number of piperidine rings is 1. The van der Waals surface area contributed by atoms with E-state index >= 15 is 0 Å². The van der Waals surface area contributed by atoms with Gasteiger partial charge in [-0.1, -0.05) is 12.1 Å². The van der Waals surface area contributed by atoms with E-state index in [1.54, 1.807) is 21.3 Å². The number of amides is 1. The van der Waals surface area contributed by atoms with Crippen molar-refractivity contribution in [2.24, 2.45) is 5.92 Å². The first-order valence-corrected chi connectivity index (χ1v) is 9.95. The molecule has 1 amide bonds. The van der Waals surface area contributed by atoms with E-state index in [0.717, 1.165) is 43.6 Å². The molecule has 0 spiro atoms. The van der Waals surface area contributed by atoms with Crippen molar-refractivity contribution in [3.8, 4) is 28.4 Å². The normalized spacial score (nSPS) is 14.6. The molecule has 1 aliphatic heterocycles. The molecule has 3 rings (SSSR count). The topological polar surface area (TPSA) is 60.0 Å². The van der Waals surface area contributed by atoms with Gasteiger partial charge in [0.05, 0.1) is 21.3 Å². The van der Waals surface area contributed by atoms with Crippen molar-refractivity contribution in [3.05, 3.63) is 42.0 Å². The van der Waals surface area contributed by atoms with Crippen molar-refractivity contribution < 1.29 is 19.0 Å². The minimum Gasteiger partial charge on any atom is -0.493 e. The van der Waals surface area contributed by atoms with Gasteiger partial charge in [0.1, 0.15) is 0 Å². The van der Waals surface area contributed by atoms with E-state index in [0.29, 0.717) is 28.7 Å². The van der Waals surface area contributed by atoms with Gasteiger partial charge in [-0.25, -0.2) is 0 Å². The van der Waals surface area contributed by atoms with E-state index < -0.39 is 0 Å². The summed E-state index contributed by atoms with van der Waals surface area (Å²) in [6.07, 6.45) is 2.10. The number of nitrogens with zero attached hydrogens (tertiary/aromatic N) is 1. The summed E-state index contributed by atoms with van der Waals surface area (Å²) >= 11 is 0. The fourth-order valence-corrected chi connectivity index (χ4v) is 3.86. The number of hydrogen-bond donors (Lipinski definition) is 1. The molecule has 0 atom stereocenters. The van der Waals surface area contributed by atoms with Gasteiger partial charge < -0.3 is 24.4 Å². The van der Waals surface area contributed by atoms with Crippen LogP contribution in [-0.2, 0) is 0 Å².